The molecule has 3 aromatic rings. The summed E-state index contributed by atoms with van der Waals surface area (Å²) in [4.78, 5) is 16.4. The molecule has 0 unspecified atom stereocenters. The number of halogens is 1. The zero-order chi connectivity index (χ0) is 21.9. The molecular formula is C17H15ClN4O5S3. The molecule has 0 atom stereocenters. The lowest BCUT2D eigenvalue weighted by atomic mass is 10.2. The standard InChI is InChI=1S/C17H15ClN4O5S3/c1-29(24,25)21-12-4-7-15(18)14(10-12)16(23)20-11-2-5-13(6-3-11)30(26,27)22-17-19-8-9-28-17/h2-10,21H,1H3,(H,19,22)(H,20,23). The Morgan fingerprint density at radius 1 is 1.00 bits per heavy atom. The average molecular weight is 487 g/mol. The smallest absolute Gasteiger partial charge is 0.263 e. The van der Waals surface area contributed by atoms with Crippen molar-refractivity contribution in [1.29, 1.82) is 0 Å². The summed E-state index contributed by atoms with van der Waals surface area (Å²) in [5.41, 5.74) is 0.556. The van der Waals surface area contributed by atoms with Crippen molar-refractivity contribution < 1.29 is 21.6 Å². The number of hydrogen-bond acceptors (Lipinski definition) is 7. The van der Waals surface area contributed by atoms with Gasteiger partial charge in [0.15, 0.2) is 5.13 Å². The normalized spacial score (nSPS) is 11.7. The number of rotatable bonds is 7. The molecule has 0 saturated heterocycles. The topological polar surface area (TPSA) is 134 Å². The number of carbonyl (C=O) groups excluding carboxylic acids is 1. The predicted octanol–water partition coefficient (Wildman–Crippen LogP) is 3.22. The highest BCUT2D eigenvalue weighted by Gasteiger charge is 2.17. The number of nitrogens with one attached hydrogen (secondary N) is 3. The predicted molar refractivity (Wildman–Crippen MR) is 117 cm³/mol. The molecule has 158 valence electrons. The summed E-state index contributed by atoms with van der Waals surface area (Å²) >= 11 is 7.20. The van der Waals surface area contributed by atoms with Gasteiger partial charge in [-0.3, -0.25) is 14.2 Å². The van der Waals surface area contributed by atoms with Crippen LogP contribution in [0.2, 0.25) is 5.02 Å². The number of aromatic nitrogens is 1. The van der Waals surface area contributed by atoms with Crippen LogP contribution in [-0.2, 0) is 20.0 Å². The average Bonchev–Trinajstić information content (AvgIpc) is 3.15. The van der Waals surface area contributed by atoms with Gasteiger partial charge in [0.05, 0.1) is 21.7 Å². The van der Waals surface area contributed by atoms with Gasteiger partial charge in [-0.15, -0.1) is 11.3 Å². The molecule has 1 aromatic heterocycles. The first-order valence-electron chi connectivity index (χ1n) is 8.14. The molecule has 0 saturated carbocycles. The van der Waals surface area contributed by atoms with Crippen LogP contribution in [0.1, 0.15) is 10.4 Å². The van der Waals surface area contributed by atoms with E-state index in [1.165, 1.54) is 48.7 Å². The third kappa shape index (κ3) is 5.69. The zero-order valence-corrected chi connectivity index (χ0v) is 18.5. The second kappa shape index (κ2) is 8.60. The first-order chi connectivity index (χ1) is 14.0. The van der Waals surface area contributed by atoms with Crippen molar-refractivity contribution >= 4 is 65.4 Å². The van der Waals surface area contributed by atoms with Gasteiger partial charge in [0.1, 0.15) is 0 Å². The van der Waals surface area contributed by atoms with Gasteiger partial charge in [0, 0.05) is 23.0 Å². The van der Waals surface area contributed by atoms with Crippen LogP contribution in [0.3, 0.4) is 0 Å². The van der Waals surface area contributed by atoms with E-state index in [1.54, 1.807) is 5.38 Å². The Morgan fingerprint density at radius 3 is 2.27 bits per heavy atom. The van der Waals surface area contributed by atoms with Crippen molar-refractivity contribution in [1.82, 2.24) is 4.98 Å². The fourth-order valence-electron chi connectivity index (χ4n) is 2.34. The van der Waals surface area contributed by atoms with E-state index in [2.05, 4.69) is 19.7 Å². The van der Waals surface area contributed by atoms with Crippen molar-refractivity contribution in [2.24, 2.45) is 0 Å². The van der Waals surface area contributed by atoms with Gasteiger partial charge in [0.25, 0.3) is 15.9 Å². The SMILES string of the molecule is CS(=O)(=O)Nc1ccc(Cl)c(C(=O)Nc2ccc(S(=O)(=O)Nc3nccs3)cc2)c1. The van der Waals surface area contributed by atoms with Crippen LogP contribution in [0.5, 0.6) is 0 Å². The van der Waals surface area contributed by atoms with Crippen molar-refractivity contribution in [3.05, 3.63) is 64.6 Å². The summed E-state index contributed by atoms with van der Waals surface area (Å²) < 4.78 is 52.0. The Kier molecular flexibility index (Phi) is 6.31. The Hall–Kier alpha value is -2.67. The maximum atomic E-state index is 12.5. The van der Waals surface area contributed by atoms with Crippen LogP contribution in [0, 0.1) is 0 Å². The van der Waals surface area contributed by atoms with E-state index in [1.807, 2.05) is 0 Å². The quantitative estimate of drug-likeness (QED) is 0.469. The van der Waals surface area contributed by atoms with E-state index in [-0.39, 0.29) is 26.3 Å². The summed E-state index contributed by atoms with van der Waals surface area (Å²) in [6.45, 7) is 0. The van der Waals surface area contributed by atoms with Crippen LogP contribution < -0.4 is 14.8 Å². The fraction of sp³-hybridized carbons (Fsp3) is 0.0588. The van der Waals surface area contributed by atoms with Gasteiger partial charge in [-0.2, -0.15) is 0 Å². The number of benzene rings is 2. The van der Waals surface area contributed by atoms with Gasteiger partial charge >= 0.3 is 0 Å². The lowest BCUT2D eigenvalue weighted by molar-refractivity contribution is 0.102. The Morgan fingerprint density at radius 2 is 1.67 bits per heavy atom. The number of thiazole rings is 1. The van der Waals surface area contributed by atoms with Crippen LogP contribution in [-0.4, -0.2) is 34.0 Å². The Balaban J connectivity index is 1.75. The van der Waals surface area contributed by atoms with Crippen molar-refractivity contribution in [2.45, 2.75) is 4.90 Å². The van der Waals surface area contributed by atoms with Gasteiger partial charge in [0.2, 0.25) is 10.0 Å². The molecule has 0 spiro atoms. The molecule has 0 radical (unpaired) electrons. The maximum Gasteiger partial charge on any atom is 0.263 e. The highest BCUT2D eigenvalue weighted by Crippen LogP contribution is 2.24. The van der Waals surface area contributed by atoms with E-state index < -0.39 is 26.0 Å². The molecule has 9 nitrogen and oxygen atoms in total. The van der Waals surface area contributed by atoms with Crippen LogP contribution in [0.15, 0.2) is 58.9 Å². The van der Waals surface area contributed by atoms with Crippen LogP contribution in [0.4, 0.5) is 16.5 Å². The Labute approximate surface area is 182 Å². The molecule has 13 heteroatoms. The van der Waals surface area contributed by atoms with Crippen LogP contribution in [0.25, 0.3) is 0 Å². The van der Waals surface area contributed by atoms with E-state index >= 15 is 0 Å². The minimum Gasteiger partial charge on any atom is -0.322 e. The van der Waals surface area contributed by atoms with E-state index in [4.69, 9.17) is 11.6 Å². The number of carbonyl (C=O) groups is 1. The summed E-state index contributed by atoms with van der Waals surface area (Å²) in [6, 6.07) is 9.61. The molecule has 0 bridgehead atoms. The molecule has 1 heterocycles. The Bertz CT molecular complexity index is 1280. The molecule has 0 aliphatic heterocycles. The molecule has 30 heavy (non-hydrogen) atoms. The second-order valence-electron chi connectivity index (χ2n) is 5.99. The maximum absolute atomic E-state index is 12.5. The molecule has 3 N–H and O–H groups in total. The number of hydrogen-bond donors (Lipinski definition) is 3. The van der Waals surface area contributed by atoms with Crippen molar-refractivity contribution in [3.63, 3.8) is 0 Å². The molecule has 2 aromatic carbocycles. The minimum atomic E-state index is -3.81. The fourth-order valence-corrected chi connectivity index (χ4v) is 4.89. The molecule has 0 aliphatic rings. The summed E-state index contributed by atoms with van der Waals surface area (Å²) in [5.74, 6) is -0.589. The largest absolute Gasteiger partial charge is 0.322 e. The van der Waals surface area contributed by atoms with Crippen molar-refractivity contribution in [3.8, 4) is 0 Å². The van der Waals surface area contributed by atoms with E-state index in [0.717, 1.165) is 17.6 Å². The first kappa shape index (κ1) is 22.0. The highest BCUT2D eigenvalue weighted by molar-refractivity contribution is 7.93. The third-order valence-electron chi connectivity index (χ3n) is 3.59. The van der Waals surface area contributed by atoms with E-state index in [0.29, 0.717) is 5.69 Å². The lowest BCUT2D eigenvalue weighted by Crippen LogP contribution is -2.15. The lowest BCUT2D eigenvalue weighted by Gasteiger charge is -2.10. The van der Waals surface area contributed by atoms with Gasteiger partial charge in [-0.05, 0) is 42.5 Å². The highest BCUT2D eigenvalue weighted by atomic mass is 35.5. The third-order valence-corrected chi connectivity index (χ3v) is 6.70. The number of anilines is 3. The molecule has 3 rings (SSSR count). The second-order valence-corrected chi connectivity index (χ2v) is 10.7. The summed E-state index contributed by atoms with van der Waals surface area (Å²) in [6.07, 6.45) is 2.47. The first-order valence-corrected chi connectivity index (χ1v) is 12.8. The number of sulfonamides is 2. The summed E-state index contributed by atoms with van der Waals surface area (Å²) in [7, 11) is -7.33. The minimum absolute atomic E-state index is 0.00641. The zero-order valence-electron chi connectivity index (χ0n) is 15.3. The number of amides is 1. The summed E-state index contributed by atoms with van der Waals surface area (Å²) in [5, 5.41) is 4.59. The van der Waals surface area contributed by atoms with Gasteiger partial charge < -0.3 is 5.32 Å². The van der Waals surface area contributed by atoms with Gasteiger partial charge in [-0.1, -0.05) is 11.6 Å². The molecule has 1 amide bonds. The van der Waals surface area contributed by atoms with Crippen molar-refractivity contribution in [2.75, 3.05) is 21.0 Å². The van der Waals surface area contributed by atoms with E-state index in [9.17, 15) is 21.6 Å². The molecular weight excluding hydrogens is 472 g/mol. The van der Waals surface area contributed by atoms with Gasteiger partial charge in [-0.25, -0.2) is 21.8 Å². The monoisotopic (exact) mass is 486 g/mol. The van der Waals surface area contributed by atoms with Crippen LogP contribution >= 0.6 is 22.9 Å². The molecule has 0 fully saturated rings. The number of nitrogens with zero attached hydrogens (tertiary/aromatic N) is 1. The molecule has 0 aliphatic carbocycles.